The van der Waals surface area contributed by atoms with E-state index in [1.54, 1.807) is 0 Å². The molecule has 98 valence electrons. The number of thiocarbonyl (C=S) groups is 1. The fourth-order valence-electron chi connectivity index (χ4n) is 1.20. The summed E-state index contributed by atoms with van der Waals surface area (Å²) in [6, 6.07) is -0.0756. The number of rotatable bonds is 7. The number of hydrogen-bond donors (Lipinski definition) is 3. The Labute approximate surface area is 112 Å². The van der Waals surface area contributed by atoms with Crippen molar-refractivity contribution in [3.8, 4) is 0 Å². The van der Waals surface area contributed by atoms with Gasteiger partial charge in [0.1, 0.15) is 0 Å². The van der Waals surface area contributed by atoms with E-state index in [1.165, 1.54) is 6.92 Å². The Bertz CT molecular complexity index is 294. The quantitative estimate of drug-likeness (QED) is 0.278. The van der Waals surface area contributed by atoms with Crippen molar-refractivity contribution < 1.29 is 4.79 Å². The average molecular weight is 276 g/mol. The Morgan fingerprint density at radius 1 is 1.53 bits per heavy atom. The van der Waals surface area contributed by atoms with E-state index in [1.807, 2.05) is 18.7 Å². The molecule has 0 fully saturated rings. The zero-order valence-electron chi connectivity index (χ0n) is 10.4. The Hall–Kier alpha value is -0.820. The van der Waals surface area contributed by atoms with Crippen molar-refractivity contribution in [1.82, 2.24) is 10.7 Å². The minimum absolute atomic E-state index is 0.0682. The lowest BCUT2D eigenvalue weighted by atomic mass is 10.1. The molecule has 5 nitrogen and oxygen atoms in total. The summed E-state index contributed by atoms with van der Waals surface area (Å²) in [4.78, 5) is 11.1. The fraction of sp³-hybridized carbons (Fsp3) is 0.700. The molecule has 0 aliphatic rings. The van der Waals surface area contributed by atoms with Crippen molar-refractivity contribution in [2.24, 2.45) is 10.8 Å². The zero-order chi connectivity index (χ0) is 13.3. The van der Waals surface area contributed by atoms with Crippen LogP contribution in [0.2, 0.25) is 0 Å². The van der Waals surface area contributed by atoms with Crippen molar-refractivity contribution in [3.63, 3.8) is 0 Å². The van der Waals surface area contributed by atoms with Gasteiger partial charge >= 0.3 is 0 Å². The maximum absolute atomic E-state index is 11.1. The molecular formula is C10H20N4OS2. The van der Waals surface area contributed by atoms with Crippen molar-refractivity contribution in [2.75, 3.05) is 11.5 Å². The van der Waals surface area contributed by atoms with Crippen LogP contribution in [0.5, 0.6) is 0 Å². The Morgan fingerprint density at radius 3 is 2.65 bits per heavy atom. The fourth-order valence-corrected chi connectivity index (χ4v) is 1.93. The Morgan fingerprint density at radius 2 is 2.18 bits per heavy atom. The molecule has 0 spiro atoms. The first-order valence-corrected chi connectivity index (χ1v) is 6.98. The van der Waals surface area contributed by atoms with E-state index in [2.05, 4.69) is 35.0 Å². The van der Waals surface area contributed by atoms with Gasteiger partial charge in [0.2, 0.25) is 5.91 Å². The summed E-state index contributed by atoms with van der Waals surface area (Å²) in [5.41, 5.74) is 8.58. The normalized spacial score (nSPS) is 13.0. The van der Waals surface area contributed by atoms with E-state index in [9.17, 15) is 4.79 Å². The molecule has 7 heteroatoms. The molecule has 0 radical (unpaired) electrons. The molecule has 0 rings (SSSR count). The minimum atomic E-state index is -0.0756. The second-order valence-electron chi connectivity index (χ2n) is 3.47. The van der Waals surface area contributed by atoms with E-state index in [-0.39, 0.29) is 17.1 Å². The third-order valence-electron chi connectivity index (χ3n) is 1.98. The number of hydrogen-bond acceptors (Lipinski definition) is 4. The first-order valence-electron chi connectivity index (χ1n) is 5.41. The van der Waals surface area contributed by atoms with Crippen LogP contribution in [0.15, 0.2) is 5.10 Å². The van der Waals surface area contributed by atoms with Gasteiger partial charge in [-0.3, -0.25) is 10.2 Å². The molecule has 17 heavy (non-hydrogen) atoms. The molecule has 1 amide bonds. The lowest BCUT2D eigenvalue weighted by Crippen LogP contribution is -2.40. The van der Waals surface area contributed by atoms with Gasteiger partial charge in [0.05, 0.1) is 11.8 Å². The van der Waals surface area contributed by atoms with E-state index in [4.69, 9.17) is 5.73 Å². The second-order valence-corrected chi connectivity index (χ2v) is 5.30. The molecule has 0 aliphatic carbocycles. The molecule has 0 aliphatic heterocycles. The molecule has 0 aromatic rings. The van der Waals surface area contributed by atoms with Gasteiger partial charge in [0.25, 0.3) is 0 Å². The topological polar surface area (TPSA) is 79.5 Å². The number of nitrogens with one attached hydrogen (secondary N) is 2. The standard InChI is InChI=1S/C10H20N4OS2/c1-4-17-6-5-9(12-8(3)15)7(2)13-14-10(11)16/h9H,4-6H2,1-3H3,(H,12,15)(H3,11,14,16)/b13-7-/t9-/m1/s1. The zero-order valence-corrected chi connectivity index (χ0v) is 12.1. The number of amides is 1. The number of carbonyl (C=O) groups excluding carboxylic acids is 1. The third-order valence-corrected chi connectivity index (χ3v) is 3.00. The smallest absolute Gasteiger partial charge is 0.217 e. The number of nitrogens with zero attached hydrogens (tertiary/aromatic N) is 1. The van der Waals surface area contributed by atoms with E-state index in [0.717, 1.165) is 23.6 Å². The first-order chi connectivity index (χ1) is 7.97. The first kappa shape index (κ1) is 16.2. The maximum atomic E-state index is 11.1. The molecule has 0 saturated heterocycles. The van der Waals surface area contributed by atoms with Crippen LogP contribution in [0.4, 0.5) is 0 Å². The number of carbonyl (C=O) groups is 1. The van der Waals surface area contributed by atoms with Gasteiger partial charge < -0.3 is 11.1 Å². The lowest BCUT2D eigenvalue weighted by molar-refractivity contribution is -0.119. The summed E-state index contributed by atoms with van der Waals surface area (Å²) in [5, 5.41) is 7.01. The highest BCUT2D eigenvalue weighted by atomic mass is 32.2. The second kappa shape index (κ2) is 9.23. The highest BCUT2D eigenvalue weighted by Gasteiger charge is 2.13. The molecule has 0 aromatic carbocycles. The van der Waals surface area contributed by atoms with Crippen LogP contribution >= 0.6 is 24.0 Å². The van der Waals surface area contributed by atoms with E-state index < -0.39 is 0 Å². The molecule has 0 bridgehead atoms. The van der Waals surface area contributed by atoms with Crippen LogP contribution in [-0.4, -0.2) is 34.3 Å². The van der Waals surface area contributed by atoms with Crippen molar-refractivity contribution in [1.29, 1.82) is 0 Å². The van der Waals surface area contributed by atoms with Crippen LogP contribution < -0.4 is 16.5 Å². The van der Waals surface area contributed by atoms with Gasteiger partial charge in [-0.05, 0) is 37.1 Å². The molecule has 0 unspecified atom stereocenters. The van der Waals surface area contributed by atoms with Crippen LogP contribution in [-0.2, 0) is 4.79 Å². The highest BCUT2D eigenvalue weighted by molar-refractivity contribution is 7.99. The largest absolute Gasteiger partial charge is 0.375 e. The van der Waals surface area contributed by atoms with Gasteiger partial charge in [-0.15, -0.1) is 0 Å². The van der Waals surface area contributed by atoms with Crippen molar-refractivity contribution in [2.45, 2.75) is 33.2 Å². The maximum Gasteiger partial charge on any atom is 0.217 e. The van der Waals surface area contributed by atoms with E-state index >= 15 is 0 Å². The number of hydrazone groups is 1. The van der Waals surface area contributed by atoms with Crippen LogP contribution in [0.1, 0.15) is 27.2 Å². The molecule has 0 aromatic heterocycles. The van der Waals surface area contributed by atoms with Crippen LogP contribution in [0, 0.1) is 0 Å². The molecule has 0 heterocycles. The van der Waals surface area contributed by atoms with Gasteiger partial charge in [-0.2, -0.15) is 16.9 Å². The summed E-state index contributed by atoms with van der Waals surface area (Å²) >= 11 is 6.49. The summed E-state index contributed by atoms with van der Waals surface area (Å²) in [5.74, 6) is 1.97. The predicted octanol–water partition coefficient (Wildman–Crippen LogP) is 0.843. The van der Waals surface area contributed by atoms with Gasteiger partial charge in [0, 0.05) is 6.92 Å². The summed E-state index contributed by atoms with van der Waals surface area (Å²) < 4.78 is 0. The monoisotopic (exact) mass is 276 g/mol. The van der Waals surface area contributed by atoms with Crippen LogP contribution in [0.3, 0.4) is 0 Å². The van der Waals surface area contributed by atoms with Gasteiger partial charge in [-0.25, -0.2) is 0 Å². The Kier molecular flexibility index (Phi) is 8.79. The highest BCUT2D eigenvalue weighted by Crippen LogP contribution is 2.05. The van der Waals surface area contributed by atoms with Crippen molar-refractivity contribution in [3.05, 3.63) is 0 Å². The summed E-state index contributed by atoms with van der Waals surface area (Å²) in [7, 11) is 0. The third kappa shape index (κ3) is 8.93. The average Bonchev–Trinajstić information content (AvgIpc) is 2.24. The summed E-state index contributed by atoms with van der Waals surface area (Å²) in [6.07, 6.45) is 0.840. The minimum Gasteiger partial charge on any atom is -0.375 e. The molecule has 0 saturated carbocycles. The number of thioether (sulfide) groups is 1. The Balaban J connectivity index is 4.37. The predicted molar refractivity (Wildman–Crippen MR) is 78.3 cm³/mol. The molecular weight excluding hydrogens is 256 g/mol. The van der Waals surface area contributed by atoms with E-state index in [0.29, 0.717) is 0 Å². The van der Waals surface area contributed by atoms with Gasteiger partial charge in [-0.1, -0.05) is 6.92 Å². The van der Waals surface area contributed by atoms with Crippen molar-refractivity contribution >= 4 is 40.7 Å². The molecule has 4 N–H and O–H groups in total. The molecule has 1 atom stereocenters. The van der Waals surface area contributed by atoms with Crippen LogP contribution in [0.25, 0.3) is 0 Å². The SMILES string of the molecule is CCSCC[C@@H](NC(C)=O)/C(C)=N\NC(N)=S. The van der Waals surface area contributed by atoms with Gasteiger partial charge in [0.15, 0.2) is 5.11 Å². The summed E-state index contributed by atoms with van der Waals surface area (Å²) in [6.45, 7) is 5.43. The lowest BCUT2D eigenvalue weighted by Gasteiger charge is -2.17. The number of nitrogens with two attached hydrogens (primary N) is 1.